The molecule has 0 spiro atoms. The average Bonchev–Trinajstić information content (AvgIpc) is 3.25. The number of nitrogen functional groups attached to an aromatic ring is 1. The lowest BCUT2D eigenvalue weighted by molar-refractivity contribution is 0.597. The molecule has 1 aromatic rings. The highest BCUT2D eigenvalue weighted by Gasteiger charge is 2.38. The third kappa shape index (κ3) is 2.58. The third-order valence-corrected chi connectivity index (χ3v) is 6.56. The van der Waals surface area contributed by atoms with E-state index in [1.165, 1.54) is 24.4 Å². The molecule has 0 aromatic carbocycles. The molecule has 2 fully saturated rings. The van der Waals surface area contributed by atoms with Crippen molar-refractivity contribution in [3.63, 3.8) is 0 Å². The van der Waals surface area contributed by atoms with Crippen molar-refractivity contribution in [1.82, 2.24) is 4.37 Å². The summed E-state index contributed by atoms with van der Waals surface area (Å²) < 4.78 is 28.5. The van der Waals surface area contributed by atoms with E-state index in [9.17, 15) is 8.42 Å². The van der Waals surface area contributed by atoms with Crippen LogP contribution >= 0.6 is 11.5 Å². The normalized spacial score (nSPS) is 19.6. The summed E-state index contributed by atoms with van der Waals surface area (Å²) in [6, 6.07) is 0.492. The summed E-state index contributed by atoms with van der Waals surface area (Å²) in [7, 11) is -3.30. The predicted molar refractivity (Wildman–Crippen MR) is 77.3 cm³/mol. The van der Waals surface area contributed by atoms with E-state index in [-0.39, 0.29) is 16.5 Å². The molecule has 0 bridgehead atoms. The minimum atomic E-state index is -3.30. The molecule has 0 amide bonds. The standard InChI is InChI=1S/C12H19N3O2S2/c1-2-19(16,17)10-11(13)14-18-12(10)15(9-5-6-9)7-8-3-4-8/h8-9H,2-7H2,1H3,(H2,13,14). The quantitative estimate of drug-likeness (QED) is 0.868. The van der Waals surface area contributed by atoms with Gasteiger partial charge in [0, 0.05) is 12.6 Å². The van der Waals surface area contributed by atoms with Gasteiger partial charge in [0.2, 0.25) is 0 Å². The number of rotatable bonds is 6. The highest BCUT2D eigenvalue weighted by molar-refractivity contribution is 7.91. The van der Waals surface area contributed by atoms with E-state index in [4.69, 9.17) is 5.73 Å². The highest BCUT2D eigenvalue weighted by atomic mass is 32.2. The molecule has 0 aliphatic heterocycles. The van der Waals surface area contributed by atoms with Crippen molar-refractivity contribution < 1.29 is 8.42 Å². The molecule has 2 N–H and O–H groups in total. The zero-order chi connectivity index (χ0) is 13.6. The van der Waals surface area contributed by atoms with E-state index in [1.54, 1.807) is 6.92 Å². The Hall–Kier alpha value is -0.820. The number of hydrogen-bond donors (Lipinski definition) is 1. The van der Waals surface area contributed by atoms with Gasteiger partial charge in [0.05, 0.1) is 5.75 Å². The van der Waals surface area contributed by atoms with Crippen LogP contribution in [0.2, 0.25) is 0 Å². The van der Waals surface area contributed by atoms with Crippen LogP contribution in [0.25, 0.3) is 0 Å². The van der Waals surface area contributed by atoms with E-state index in [0.717, 1.165) is 30.3 Å². The monoisotopic (exact) mass is 301 g/mol. The number of hydrogen-bond acceptors (Lipinski definition) is 6. The van der Waals surface area contributed by atoms with E-state index in [0.29, 0.717) is 6.04 Å². The molecule has 5 nitrogen and oxygen atoms in total. The number of anilines is 2. The molecule has 1 aromatic heterocycles. The summed E-state index contributed by atoms with van der Waals surface area (Å²) in [5.41, 5.74) is 5.80. The molecule has 0 unspecified atom stereocenters. The van der Waals surface area contributed by atoms with Gasteiger partial charge < -0.3 is 10.6 Å². The van der Waals surface area contributed by atoms with Gasteiger partial charge in [0.25, 0.3) is 0 Å². The SMILES string of the molecule is CCS(=O)(=O)c1c(N)nsc1N(CC1CC1)C1CC1. The number of nitrogens with two attached hydrogens (primary N) is 1. The van der Waals surface area contributed by atoms with E-state index < -0.39 is 9.84 Å². The number of sulfone groups is 1. The lowest BCUT2D eigenvalue weighted by Gasteiger charge is -2.23. The van der Waals surface area contributed by atoms with Gasteiger partial charge in [-0.25, -0.2) is 8.42 Å². The fourth-order valence-electron chi connectivity index (χ4n) is 2.27. The van der Waals surface area contributed by atoms with Crippen LogP contribution < -0.4 is 10.6 Å². The maximum Gasteiger partial charge on any atom is 0.184 e. The molecule has 2 saturated carbocycles. The molecule has 3 rings (SSSR count). The molecule has 1 heterocycles. The summed E-state index contributed by atoms with van der Waals surface area (Å²) in [4.78, 5) is 2.52. The molecule has 2 aliphatic carbocycles. The Kier molecular flexibility index (Phi) is 3.21. The molecular weight excluding hydrogens is 282 g/mol. The highest BCUT2D eigenvalue weighted by Crippen LogP contribution is 2.43. The van der Waals surface area contributed by atoms with Crippen LogP contribution in [-0.2, 0) is 9.84 Å². The Balaban J connectivity index is 1.98. The van der Waals surface area contributed by atoms with Gasteiger partial charge in [-0.15, -0.1) is 0 Å². The largest absolute Gasteiger partial charge is 0.382 e. The van der Waals surface area contributed by atoms with Gasteiger partial charge in [-0.2, -0.15) is 4.37 Å². The molecule has 0 atom stereocenters. The summed E-state index contributed by atoms with van der Waals surface area (Å²) in [5, 5.41) is 0.772. The van der Waals surface area contributed by atoms with Crippen LogP contribution in [0, 0.1) is 5.92 Å². The maximum atomic E-state index is 12.2. The summed E-state index contributed by atoms with van der Waals surface area (Å²) >= 11 is 1.24. The Morgan fingerprint density at radius 2 is 2.05 bits per heavy atom. The summed E-state index contributed by atoms with van der Waals surface area (Å²) in [6.45, 7) is 2.61. The van der Waals surface area contributed by atoms with Gasteiger partial charge in [-0.05, 0) is 43.1 Å². The first-order valence-corrected chi connectivity index (χ1v) is 9.20. The summed E-state index contributed by atoms with van der Waals surface area (Å²) in [5.74, 6) is 0.967. The van der Waals surface area contributed by atoms with Gasteiger partial charge in [0.1, 0.15) is 9.90 Å². The maximum absolute atomic E-state index is 12.2. The van der Waals surface area contributed by atoms with Crippen LogP contribution in [0.1, 0.15) is 32.6 Å². The average molecular weight is 301 g/mol. The second-order valence-electron chi connectivity index (χ2n) is 5.43. The summed E-state index contributed by atoms with van der Waals surface area (Å²) in [6.07, 6.45) is 4.81. The molecule has 0 saturated heterocycles. The Morgan fingerprint density at radius 1 is 1.37 bits per heavy atom. The molecule has 0 radical (unpaired) electrons. The van der Waals surface area contributed by atoms with Crippen LogP contribution in [-0.4, -0.2) is 31.1 Å². The Morgan fingerprint density at radius 3 is 2.58 bits per heavy atom. The van der Waals surface area contributed by atoms with Gasteiger partial charge >= 0.3 is 0 Å². The predicted octanol–water partition coefficient (Wildman–Crippen LogP) is 1.90. The zero-order valence-corrected chi connectivity index (χ0v) is 12.6. The minimum absolute atomic E-state index is 0.0740. The Bertz CT molecular complexity index is 574. The van der Waals surface area contributed by atoms with Crippen LogP contribution in [0.4, 0.5) is 10.8 Å². The fraction of sp³-hybridized carbons (Fsp3) is 0.750. The molecule has 19 heavy (non-hydrogen) atoms. The van der Waals surface area contributed by atoms with Crippen LogP contribution in [0.15, 0.2) is 4.90 Å². The van der Waals surface area contributed by atoms with Crippen molar-refractivity contribution in [3.05, 3.63) is 0 Å². The van der Waals surface area contributed by atoms with E-state index in [2.05, 4.69) is 9.27 Å². The molecule has 7 heteroatoms. The smallest absolute Gasteiger partial charge is 0.184 e. The van der Waals surface area contributed by atoms with Gasteiger partial charge in [-0.3, -0.25) is 0 Å². The molecule has 2 aliphatic rings. The van der Waals surface area contributed by atoms with Crippen molar-refractivity contribution in [2.24, 2.45) is 5.92 Å². The molecular formula is C12H19N3O2S2. The number of aromatic nitrogens is 1. The van der Waals surface area contributed by atoms with Crippen LogP contribution in [0.3, 0.4) is 0 Å². The third-order valence-electron chi connectivity index (χ3n) is 3.75. The fourth-order valence-corrected chi connectivity index (χ4v) is 4.65. The Labute approximate surface area is 117 Å². The first-order chi connectivity index (χ1) is 9.03. The van der Waals surface area contributed by atoms with Crippen molar-refractivity contribution in [3.8, 4) is 0 Å². The van der Waals surface area contributed by atoms with E-state index >= 15 is 0 Å². The van der Waals surface area contributed by atoms with Gasteiger partial charge in [-0.1, -0.05) is 6.92 Å². The van der Waals surface area contributed by atoms with Crippen molar-refractivity contribution in [2.75, 3.05) is 22.9 Å². The van der Waals surface area contributed by atoms with Crippen molar-refractivity contribution in [1.29, 1.82) is 0 Å². The van der Waals surface area contributed by atoms with E-state index in [1.807, 2.05) is 0 Å². The second kappa shape index (κ2) is 4.63. The lowest BCUT2D eigenvalue weighted by Crippen LogP contribution is -2.28. The minimum Gasteiger partial charge on any atom is -0.382 e. The number of nitrogens with zero attached hydrogens (tertiary/aromatic N) is 2. The second-order valence-corrected chi connectivity index (χ2v) is 8.40. The lowest BCUT2D eigenvalue weighted by atomic mass is 10.3. The van der Waals surface area contributed by atoms with Crippen molar-refractivity contribution >= 4 is 32.2 Å². The van der Waals surface area contributed by atoms with Gasteiger partial charge in [0.15, 0.2) is 15.7 Å². The van der Waals surface area contributed by atoms with Crippen molar-refractivity contribution in [2.45, 2.75) is 43.5 Å². The van der Waals surface area contributed by atoms with Crippen LogP contribution in [0.5, 0.6) is 0 Å². The first-order valence-electron chi connectivity index (χ1n) is 6.77. The first kappa shape index (κ1) is 13.2. The topological polar surface area (TPSA) is 76.3 Å². The molecule has 106 valence electrons. The zero-order valence-electron chi connectivity index (χ0n) is 11.0.